The van der Waals surface area contributed by atoms with Gasteiger partial charge in [-0.2, -0.15) is 0 Å². The standard InChI is InChI=1S/C17H20N2OS/c1-3-14-8-9-16(21-14)17(20)19-11-12(2)18-10-13-6-4-5-7-15(13)19/h4-9,12,18H,3,10-11H2,1-2H3. The molecule has 0 saturated heterocycles. The van der Waals surface area contributed by atoms with Crippen molar-refractivity contribution in [3.63, 3.8) is 0 Å². The third-order valence-electron chi connectivity index (χ3n) is 3.85. The zero-order valence-corrected chi connectivity index (χ0v) is 13.2. The third-order valence-corrected chi connectivity index (χ3v) is 5.06. The molecule has 0 bridgehead atoms. The van der Waals surface area contributed by atoms with Crippen LogP contribution in [0.25, 0.3) is 0 Å². The van der Waals surface area contributed by atoms with E-state index < -0.39 is 0 Å². The van der Waals surface area contributed by atoms with Crippen LogP contribution in [0.5, 0.6) is 0 Å². The minimum Gasteiger partial charge on any atom is -0.308 e. The summed E-state index contributed by atoms with van der Waals surface area (Å²) in [4.78, 5) is 16.9. The van der Waals surface area contributed by atoms with E-state index in [2.05, 4.69) is 31.3 Å². The van der Waals surface area contributed by atoms with Crippen LogP contribution in [0.15, 0.2) is 36.4 Å². The molecule has 0 saturated carbocycles. The molecular formula is C17H20N2OS. The van der Waals surface area contributed by atoms with E-state index in [1.165, 1.54) is 10.4 Å². The van der Waals surface area contributed by atoms with Gasteiger partial charge >= 0.3 is 0 Å². The zero-order valence-electron chi connectivity index (χ0n) is 12.4. The number of rotatable bonds is 2. The maximum absolute atomic E-state index is 12.9. The lowest BCUT2D eigenvalue weighted by Gasteiger charge is -2.23. The number of carbonyl (C=O) groups excluding carboxylic acids is 1. The normalized spacial score (nSPS) is 18.2. The Labute approximate surface area is 129 Å². The lowest BCUT2D eigenvalue weighted by molar-refractivity contribution is 0.0989. The zero-order chi connectivity index (χ0) is 14.8. The fraction of sp³-hybridized carbons (Fsp3) is 0.353. The number of fused-ring (bicyclic) bond motifs is 1. The Morgan fingerprint density at radius 3 is 2.90 bits per heavy atom. The molecule has 1 aromatic carbocycles. The number of para-hydroxylation sites is 1. The van der Waals surface area contributed by atoms with E-state index in [-0.39, 0.29) is 11.9 Å². The fourth-order valence-corrected chi connectivity index (χ4v) is 3.55. The summed E-state index contributed by atoms with van der Waals surface area (Å²) in [5.41, 5.74) is 2.22. The van der Waals surface area contributed by atoms with Crippen LogP contribution in [0.3, 0.4) is 0 Å². The average Bonchev–Trinajstić information content (AvgIpc) is 2.92. The van der Waals surface area contributed by atoms with Crippen molar-refractivity contribution in [1.29, 1.82) is 0 Å². The monoisotopic (exact) mass is 300 g/mol. The molecule has 0 spiro atoms. The van der Waals surface area contributed by atoms with Gasteiger partial charge < -0.3 is 10.2 Å². The number of anilines is 1. The number of aryl methyl sites for hydroxylation is 1. The van der Waals surface area contributed by atoms with Crippen LogP contribution in [0.4, 0.5) is 5.69 Å². The molecule has 2 aromatic rings. The SMILES string of the molecule is CCc1ccc(C(=O)N2CC(C)NCc3ccccc32)s1. The van der Waals surface area contributed by atoms with Crippen LogP contribution in [0.1, 0.15) is 34.0 Å². The Balaban J connectivity index is 1.97. The third kappa shape index (κ3) is 2.87. The van der Waals surface area contributed by atoms with Gasteiger partial charge in [0.2, 0.25) is 0 Å². The lowest BCUT2D eigenvalue weighted by atomic mass is 10.1. The Morgan fingerprint density at radius 1 is 1.33 bits per heavy atom. The van der Waals surface area contributed by atoms with Crippen molar-refractivity contribution in [3.05, 3.63) is 51.7 Å². The largest absolute Gasteiger partial charge is 0.308 e. The van der Waals surface area contributed by atoms with Crippen LogP contribution in [-0.2, 0) is 13.0 Å². The first-order chi connectivity index (χ1) is 10.2. The van der Waals surface area contributed by atoms with Crippen LogP contribution < -0.4 is 10.2 Å². The van der Waals surface area contributed by atoms with Crippen molar-refractivity contribution in [2.24, 2.45) is 0 Å². The number of nitrogens with one attached hydrogen (secondary N) is 1. The highest BCUT2D eigenvalue weighted by atomic mass is 32.1. The molecule has 0 radical (unpaired) electrons. The minimum atomic E-state index is 0.114. The number of benzene rings is 1. The predicted molar refractivity (Wildman–Crippen MR) is 88.1 cm³/mol. The van der Waals surface area contributed by atoms with Gasteiger partial charge in [0.15, 0.2) is 0 Å². The first-order valence-electron chi connectivity index (χ1n) is 7.41. The molecule has 3 nitrogen and oxygen atoms in total. The van der Waals surface area contributed by atoms with Gasteiger partial charge in [-0.1, -0.05) is 25.1 Å². The van der Waals surface area contributed by atoms with Gasteiger partial charge in [-0.15, -0.1) is 11.3 Å². The number of hydrogen-bond donors (Lipinski definition) is 1. The van der Waals surface area contributed by atoms with Gasteiger partial charge in [-0.3, -0.25) is 4.79 Å². The predicted octanol–water partition coefficient (Wildman–Crippen LogP) is 3.45. The van der Waals surface area contributed by atoms with E-state index in [1.54, 1.807) is 11.3 Å². The highest BCUT2D eigenvalue weighted by molar-refractivity contribution is 7.14. The Bertz CT molecular complexity index is 650. The summed E-state index contributed by atoms with van der Waals surface area (Å²) in [6.07, 6.45) is 0.979. The number of amides is 1. The molecule has 3 rings (SSSR count). The summed E-state index contributed by atoms with van der Waals surface area (Å²) in [6, 6.07) is 12.5. The van der Waals surface area contributed by atoms with E-state index >= 15 is 0 Å². The van der Waals surface area contributed by atoms with Crippen molar-refractivity contribution < 1.29 is 4.79 Å². The average molecular weight is 300 g/mol. The Morgan fingerprint density at radius 2 is 2.14 bits per heavy atom. The number of hydrogen-bond acceptors (Lipinski definition) is 3. The molecule has 1 atom stereocenters. The summed E-state index contributed by atoms with van der Waals surface area (Å²) in [5.74, 6) is 0.114. The quantitative estimate of drug-likeness (QED) is 0.921. The van der Waals surface area contributed by atoms with Crippen molar-refractivity contribution in [3.8, 4) is 0 Å². The first-order valence-corrected chi connectivity index (χ1v) is 8.22. The van der Waals surface area contributed by atoms with Crippen molar-refractivity contribution in [2.75, 3.05) is 11.4 Å². The summed E-state index contributed by atoms with van der Waals surface area (Å²) in [5, 5.41) is 3.46. The lowest BCUT2D eigenvalue weighted by Crippen LogP contribution is -2.39. The molecule has 1 aliphatic rings. The molecule has 0 fully saturated rings. The smallest absolute Gasteiger partial charge is 0.268 e. The topological polar surface area (TPSA) is 32.3 Å². The molecule has 1 unspecified atom stereocenters. The highest BCUT2D eigenvalue weighted by Gasteiger charge is 2.25. The van der Waals surface area contributed by atoms with Crippen molar-refractivity contribution in [1.82, 2.24) is 5.32 Å². The van der Waals surface area contributed by atoms with Gasteiger partial charge in [0.05, 0.1) is 4.88 Å². The molecule has 1 amide bonds. The molecule has 2 heterocycles. The van der Waals surface area contributed by atoms with Gasteiger partial charge in [0, 0.05) is 29.7 Å². The molecule has 110 valence electrons. The molecule has 1 aromatic heterocycles. The maximum atomic E-state index is 12.9. The van der Waals surface area contributed by atoms with Gasteiger partial charge in [-0.05, 0) is 37.1 Å². The van der Waals surface area contributed by atoms with E-state index in [0.717, 1.165) is 23.5 Å². The van der Waals surface area contributed by atoms with Gasteiger partial charge in [0.25, 0.3) is 5.91 Å². The summed E-state index contributed by atoms with van der Waals surface area (Å²) >= 11 is 1.61. The Hall–Kier alpha value is -1.65. The summed E-state index contributed by atoms with van der Waals surface area (Å²) in [6.45, 7) is 5.76. The number of thiophene rings is 1. The van der Waals surface area contributed by atoms with Crippen molar-refractivity contribution in [2.45, 2.75) is 32.9 Å². The van der Waals surface area contributed by atoms with Gasteiger partial charge in [0.1, 0.15) is 0 Å². The van der Waals surface area contributed by atoms with Crippen LogP contribution >= 0.6 is 11.3 Å². The molecule has 0 aliphatic carbocycles. The molecule has 4 heteroatoms. The van der Waals surface area contributed by atoms with E-state index in [0.29, 0.717) is 6.54 Å². The second kappa shape index (κ2) is 6.00. The summed E-state index contributed by atoms with van der Waals surface area (Å²) < 4.78 is 0. The maximum Gasteiger partial charge on any atom is 0.268 e. The summed E-state index contributed by atoms with van der Waals surface area (Å²) in [7, 11) is 0. The molecule has 1 N–H and O–H groups in total. The fourth-order valence-electron chi connectivity index (χ4n) is 2.65. The molecule has 1 aliphatic heterocycles. The van der Waals surface area contributed by atoms with Crippen LogP contribution in [-0.4, -0.2) is 18.5 Å². The van der Waals surface area contributed by atoms with Gasteiger partial charge in [-0.25, -0.2) is 0 Å². The second-order valence-corrected chi connectivity index (χ2v) is 6.61. The van der Waals surface area contributed by atoms with Crippen LogP contribution in [0.2, 0.25) is 0 Å². The Kier molecular flexibility index (Phi) is 4.08. The molecular weight excluding hydrogens is 280 g/mol. The highest BCUT2D eigenvalue weighted by Crippen LogP contribution is 2.27. The number of carbonyl (C=O) groups is 1. The number of nitrogens with zero attached hydrogens (tertiary/aromatic N) is 1. The van der Waals surface area contributed by atoms with Crippen molar-refractivity contribution >= 4 is 22.9 Å². The molecule has 21 heavy (non-hydrogen) atoms. The van der Waals surface area contributed by atoms with Crippen LogP contribution in [0, 0.1) is 0 Å². The van der Waals surface area contributed by atoms with E-state index in [1.807, 2.05) is 29.2 Å². The second-order valence-electron chi connectivity index (χ2n) is 5.45. The van der Waals surface area contributed by atoms with E-state index in [4.69, 9.17) is 0 Å². The minimum absolute atomic E-state index is 0.114. The van der Waals surface area contributed by atoms with E-state index in [9.17, 15) is 4.79 Å². The first kappa shape index (κ1) is 14.3.